The molecule has 0 radical (unpaired) electrons. The topological polar surface area (TPSA) is 58.6 Å². The Morgan fingerprint density at radius 1 is 1.22 bits per heavy atom. The van der Waals surface area contributed by atoms with Crippen LogP contribution in [0.1, 0.15) is 30.9 Å². The van der Waals surface area contributed by atoms with Gasteiger partial charge in [0.25, 0.3) is 0 Å². The quantitative estimate of drug-likeness (QED) is 0.848. The molecule has 0 saturated carbocycles. The number of nitrogens with zero attached hydrogens (tertiary/aromatic N) is 1. The summed E-state index contributed by atoms with van der Waals surface area (Å²) < 4.78 is 5.76. The van der Waals surface area contributed by atoms with Crippen LogP contribution in [0.15, 0.2) is 42.5 Å². The average molecular weight is 387 g/mol. The van der Waals surface area contributed by atoms with Crippen molar-refractivity contribution in [3.8, 4) is 5.75 Å². The number of hydrogen-bond acceptors (Lipinski definition) is 3. The molecule has 2 aromatic carbocycles. The molecular formula is C21H23ClN2O3. The first-order valence-electron chi connectivity index (χ1n) is 9.02. The van der Waals surface area contributed by atoms with Gasteiger partial charge in [-0.15, -0.1) is 0 Å². The zero-order valence-electron chi connectivity index (χ0n) is 15.5. The van der Waals surface area contributed by atoms with Gasteiger partial charge in [0, 0.05) is 24.4 Å². The van der Waals surface area contributed by atoms with E-state index in [1.165, 1.54) is 0 Å². The molecule has 0 spiro atoms. The first-order chi connectivity index (χ1) is 12.9. The minimum Gasteiger partial charge on any atom is -0.487 e. The molecule has 1 aliphatic heterocycles. The molecule has 1 N–H and O–H groups in total. The number of fused-ring (bicyclic) bond motifs is 1. The number of aryl methyl sites for hydroxylation is 1. The lowest BCUT2D eigenvalue weighted by molar-refractivity contribution is -0.125. The number of carbonyl (C=O) groups excluding carboxylic acids is 2. The molecule has 5 nitrogen and oxygen atoms in total. The highest BCUT2D eigenvalue weighted by Gasteiger charge is 2.27. The van der Waals surface area contributed by atoms with E-state index in [1.807, 2.05) is 38.1 Å². The van der Waals surface area contributed by atoms with E-state index in [0.717, 1.165) is 11.1 Å². The van der Waals surface area contributed by atoms with E-state index in [-0.39, 0.29) is 30.8 Å². The Hall–Kier alpha value is -2.53. The zero-order chi connectivity index (χ0) is 19.4. The summed E-state index contributed by atoms with van der Waals surface area (Å²) in [5.41, 5.74) is 2.86. The maximum atomic E-state index is 12.7. The van der Waals surface area contributed by atoms with Gasteiger partial charge >= 0.3 is 0 Å². The molecule has 2 amide bonds. The van der Waals surface area contributed by atoms with Crippen molar-refractivity contribution in [3.63, 3.8) is 0 Å². The van der Waals surface area contributed by atoms with Crippen LogP contribution >= 0.6 is 11.6 Å². The summed E-state index contributed by atoms with van der Waals surface area (Å²) in [7, 11) is 0. The first kappa shape index (κ1) is 19.2. The second-order valence-corrected chi connectivity index (χ2v) is 7.18. The molecule has 0 fully saturated rings. The molecule has 3 rings (SSSR count). The van der Waals surface area contributed by atoms with Gasteiger partial charge in [0.05, 0.1) is 12.2 Å². The van der Waals surface area contributed by atoms with Crippen molar-refractivity contribution in [2.45, 2.75) is 39.3 Å². The van der Waals surface area contributed by atoms with Gasteiger partial charge in [0.1, 0.15) is 11.9 Å². The summed E-state index contributed by atoms with van der Waals surface area (Å²) in [5.74, 6) is 0.384. The number of anilines is 1. The van der Waals surface area contributed by atoms with Crippen LogP contribution < -0.4 is 15.0 Å². The van der Waals surface area contributed by atoms with Gasteiger partial charge in [-0.3, -0.25) is 9.59 Å². The molecule has 27 heavy (non-hydrogen) atoms. The van der Waals surface area contributed by atoms with E-state index in [4.69, 9.17) is 16.3 Å². The highest BCUT2D eigenvalue weighted by Crippen LogP contribution is 2.36. The fourth-order valence-corrected chi connectivity index (χ4v) is 3.26. The van der Waals surface area contributed by atoms with E-state index in [1.54, 1.807) is 23.1 Å². The van der Waals surface area contributed by atoms with Crippen LogP contribution in [-0.2, 0) is 16.1 Å². The number of nitrogens with one attached hydrogen (secondary N) is 1. The van der Waals surface area contributed by atoms with Crippen molar-refractivity contribution in [2.24, 2.45) is 0 Å². The summed E-state index contributed by atoms with van der Waals surface area (Å²) in [6.07, 6.45) is 0.169. The highest BCUT2D eigenvalue weighted by molar-refractivity contribution is 6.31. The van der Waals surface area contributed by atoms with Crippen molar-refractivity contribution in [1.82, 2.24) is 5.32 Å². The number of benzene rings is 2. The van der Waals surface area contributed by atoms with Crippen molar-refractivity contribution in [2.75, 3.05) is 11.4 Å². The van der Waals surface area contributed by atoms with Gasteiger partial charge in [0.2, 0.25) is 11.8 Å². The Balaban J connectivity index is 1.57. The predicted molar refractivity (Wildman–Crippen MR) is 106 cm³/mol. The van der Waals surface area contributed by atoms with Crippen LogP contribution in [0.3, 0.4) is 0 Å². The molecule has 142 valence electrons. The number of hydrogen-bond donors (Lipinski definition) is 1. The van der Waals surface area contributed by atoms with Crippen LogP contribution in [0, 0.1) is 6.92 Å². The summed E-state index contributed by atoms with van der Waals surface area (Å²) in [6.45, 7) is 4.82. The fourth-order valence-electron chi connectivity index (χ4n) is 3.09. The van der Waals surface area contributed by atoms with Gasteiger partial charge in [-0.2, -0.15) is 0 Å². The molecule has 0 aliphatic carbocycles. The Kier molecular flexibility index (Phi) is 6.01. The van der Waals surface area contributed by atoms with Crippen molar-refractivity contribution in [3.05, 3.63) is 58.6 Å². The Morgan fingerprint density at radius 2 is 2.00 bits per heavy atom. The zero-order valence-corrected chi connectivity index (χ0v) is 16.3. The molecule has 0 unspecified atom stereocenters. The summed E-state index contributed by atoms with van der Waals surface area (Å²) in [5, 5.41) is 3.42. The van der Waals surface area contributed by atoms with E-state index in [9.17, 15) is 9.59 Å². The number of carbonyl (C=O) groups is 2. The normalized spacial score (nSPS) is 15.7. The largest absolute Gasteiger partial charge is 0.487 e. The van der Waals surface area contributed by atoms with Crippen LogP contribution in [-0.4, -0.2) is 24.5 Å². The molecular weight excluding hydrogens is 364 g/mol. The average Bonchev–Trinajstić information content (AvgIpc) is 2.65. The lowest BCUT2D eigenvalue weighted by Gasteiger charge is -2.33. The summed E-state index contributed by atoms with van der Waals surface area (Å²) >= 11 is 6.07. The number of ether oxygens (including phenoxy) is 1. The molecule has 2 aromatic rings. The number of halogens is 1. The summed E-state index contributed by atoms with van der Waals surface area (Å²) in [6, 6.07) is 13.1. The maximum Gasteiger partial charge on any atom is 0.227 e. The fraction of sp³-hybridized carbons (Fsp3) is 0.333. The van der Waals surface area contributed by atoms with Gasteiger partial charge in [-0.05, 0) is 43.2 Å². The Bertz CT molecular complexity index is 853. The lowest BCUT2D eigenvalue weighted by atomic mass is 10.1. The minimum atomic E-state index is -0.140. The van der Waals surface area contributed by atoms with Crippen LogP contribution in [0.5, 0.6) is 5.75 Å². The third-order valence-electron chi connectivity index (χ3n) is 4.58. The second kappa shape index (κ2) is 8.44. The molecule has 0 aromatic heterocycles. The summed E-state index contributed by atoms with van der Waals surface area (Å²) in [4.78, 5) is 26.5. The van der Waals surface area contributed by atoms with Crippen molar-refractivity contribution >= 4 is 29.1 Å². The minimum absolute atomic E-state index is 0.111. The van der Waals surface area contributed by atoms with Crippen molar-refractivity contribution < 1.29 is 14.3 Å². The highest BCUT2D eigenvalue weighted by atomic mass is 35.5. The Morgan fingerprint density at radius 3 is 2.78 bits per heavy atom. The van der Waals surface area contributed by atoms with Crippen LogP contribution in [0.4, 0.5) is 5.69 Å². The standard InChI is InChI=1S/C21H23ClN2O3/c1-14-5-3-4-6-16(14)12-23-20(25)9-10-21(26)24-13-15(2)27-19-8-7-17(22)11-18(19)24/h3-8,11,15H,9-10,12-13H2,1-2H3,(H,23,25)/t15-/m1/s1. The maximum absolute atomic E-state index is 12.7. The monoisotopic (exact) mass is 386 g/mol. The molecule has 1 aliphatic rings. The predicted octanol–water partition coefficient (Wildman–Crippen LogP) is 3.86. The third kappa shape index (κ3) is 4.80. The first-order valence-corrected chi connectivity index (χ1v) is 9.39. The second-order valence-electron chi connectivity index (χ2n) is 6.75. The van der Waals surface area contributed by atoms with E-state index in [0.29, 0.717) is 29.5 Å². The van der Waals surface area contributed by atoms with Gasteiger partial charge < -0.3 is 15.0 Å². The number of amides is 2. The molecule has 0 saturated heterocycles. The molecule has 0 bridgehead atoms. The Labute approximate surface area is 164 Å². The van der Waals surface area contributed by atoms with Crippen LogP contribution in [0.25, 0.3) is 0 Å². The molecule has 6 heteroatoms. The van der Waals surface area contributed by atoms with Gasteiger partial charge in [-0.25, -0.2) is 0 Å². The van der Waals surface area contributed by atoms with Gasteiger partial charge in [0.15, 0.2) is 0 Å². The van der Waals surface area contributed by atoms with E-state index >= 15 is 0 Å². The molecule has 1 atom stereocenters. The van der Waals surface area contributed by atoms with Gasteiger partial charge in [-0.1, -0.05) is 35.9 Å². The third-order valence-corrected chi connectivity index (χ3v) is 4.82. The SMILES string of the molecule is Cc1ccccc1CNC(=O)CCC(=O)N1C[C@@H](C)Oc2ccc(Cl)cc21. The molecule has 1 heterocycles. The smallest absolute Gasteiger partial charge is 0.227 e. The van der Waals surface area contributed by atoms with E-state index < -0.39 is 0 Å². The lowest BCUT2D eigenvalue weighted by Crippen LogP contribution is -2.42. The number of rotatable bonds is 5. The van der Waals surface area contributed by atoms with Crippen LogP contribution in [0.2, 0.25) is 5.02 Å². The van der Waals surface area contributed by atoms with Crippen molar-refractivity contribution in [1.29, 1.82) is 0 Å². The van der Waals surface area contributed by atoms with E-state index in [2.05, 4.69) is 5.32 Å².